The maximum absolute atomic E-state index is 13.0. The molecule has 0 unspecified atom stereocenters. The van der Waals surface area contributed by atoms with Gasteiger partial charge in [0.15, 0.2) is 10.5 Å². The van der Waals surface area contributed by atoms with E-state index in [1.54, 1.807) is 0 Å². The predicted octanol–water partition coefficient (Wildman–Crippen LogP) is 1.71. The molecule has 0 radical (unpaired) electrons. The van der Waals surface area contributed by atoms with Crippen molar-refractivity contribution in [2.75, 3.05) is 0 Å². The molecule has 2 rings (SSSR count). The molecule has 0 bridgehead atoms. The molecule has 2 aromatic heterocycles. The molecular weight excluding hydrogens is 278 g/mol. The molecule has 0 amide bonds. The van der Waals surface area contributed by atoms with Gasteiger partial charge in [-0.25, -0.2) is 9.50 Å². The summed E-state index contributed by atoms with van der Waals surface area (Å²) in [6.45, 7) is 1.08. The average molecular weight is 283 g/mol. The van der Waals surface area contributed by atoms with Crippen molar-refractivity contribution in [3.63, 3.8) is 0 Å². The van der Waals surface area contributed by atoms with Gasteiger partial charge in [0.05, 0.1) is 5.69 Å². The van der Waals surface area contributed by atoms with Crippen molar-refractivity contribution >= 4 is 15.9 Å². The quantitative estimate of drug-likeness (QED) is 0.590. The Kier molecular flexibility index (Phi) is 2.58. The predicted molar refractivity (Wildman–Crippen MR) is 51.0 cm³/mol. The van der Waals surface area contributed by atoms with Crippen LogP contribution in [0.25, 0.3) is 5.65 Å². The first-order valence-electron chi connectivity index (χ1n) is 4.48. The van der Waals surface area contributed by atoms with Gasteiger partial charge in [0.1, 0.15) is 5.69 Å². The number of nitrogens with zero attached hydrogens (tertiary/aromatic N) is 3. The zero-order valence-electron chi connectivity index (χ0n) is 8.73. The maximum Gasteiger partial charge on any atom is 0.433 e. The van der Waals surface area contributed by atoms with E-state index in [2.05, 4.69) is 10.1 Å². The average Bonchev–Trinajstić information content (AvgIpc) is 2.50. The summed E-state index contributed by atoms with van der Waals surface area (Å²) in [5, 5.41) is 3.36. The van der Waals surface area contributed by atoms with Gasteiger partial charge in [0, 0.05) is 6.20 Å². The van der Waals surface area contributed by atoms with Gasteiger partial charge in [-0.05, 0) is 13.0 Å². The van der Waals surface area contributed by atoms with E-state index in [-0.39, 0.29) is 10.2 Å². The molecule has 0 saturated heterocycles. The van der Waals surface area contributed by atoms with Crippen LogP contribution in [0.15, 0.2) is 17.2 Å². The van der Waals surface area contributed by atoms with Crippen LogP contribution in [-0.4, -0.2) is 23.0 Å². The van der Waals surface area contributed by atoms with Gasteiger partial charge in [-0.1, -0.05) is 0 Å². The summed E-state index contributed by atoms with van der Waals surface area (Å²) in [4.78, 5) is 2.47. The lowest BCUT2D eigenvalue weighted by molar-refractivity contribution is -0.142. The molecule has 98 valence electrons. The normalized spacial score (nSPS) is 13.2. The van der Waals surface area contributed by atoms with E-state index in [0.717, 1.165) is 13.1 Å². The number of aryl methyl sites for hydroxylation is 1. The largest absolute Gasteiger partial charge is 0.433 e. The zero-order chi connectivity index (χ0) is 13.7. The van der Waals surface area contributed by atoms with Gasteiger partial charge in [-0.15, -0.1) is 3.89 Å². The Morgan fingerprint density at radius 2 is 1.94 bits per heavy atom. The highest BCUT2D eigenvalue weighted by molar-refractivity contribution is 7.86. The first-order chi connectivity index (χ1) is 8.12. The summed E-state index contributed by atoms with van der Waals surface area (Å²) in [6, 6.07) is 0.619. The smallest absolute Gasteiger partial charge is 0.236 e. The Hall–Kier alpha value is -1.71. The monoisotopic (exact) mass is 283 g/mol. The SMILES string of the molecule is Cc1nn2c(C(F)(F)F)ccnc2c1S(=O)(=O)F. The standard InChI is InChI=1S/C8H5F4N3O2S/c1-4-6(18(12,16)17)7-13-3-2-5(8(9,10)11)15(7)14-4/h2-3H,1H3. The molecule has 0 aliphatic carbocycles. The highest BCUT2D eigenvalue weighted by atomic mass is 32.3. The van der Waals surface area contributed by atoms with Crippen LogP contribution >= 0.6 is 0 Å². The van der Waals surface area contributed by atoms with E-state index >= 15 is 0 Å². The Morgan fingerprint density at radius 1 is 1.33 bits per heavy atom. The minimum Gasteiger partial charge on any atom is -0.236 e. The van der Waals surface area contributed by atoms with Crippen molar-refractivity contribution in [2.45, 2.75) is 18.0 Å². The van der Waals surface area contributed by atoms with Crippen LogP contribution in [0.4, 0.5) is 17.1 Å². The van der Waals surface area contributed by atoms with Crippen LogP contribution in [-0.2, 0) is 16.4 Å². The van der Waals surface area contributed by atoms with E-state index < -0.39 is 32.6 Å². The van der Waals surface area contributed by atoms with Crippen LogP contribution in [0.3, 0.4) is 0 Å². The molecule has 0 N–H and O–H groups in total. The lowest BCUT2D eigenvalue weighted by Crippen LogP contribution is -2.13. The van der Waals surface area contributed by atoms with Crippen molar-refractivity contribution in [3.8, 4) is 0 Å². The molecule has 0 aliphatic rings. The molecule has 2 aromatic rings. The molecule has 0 aromatic carbocycles. The number of hydrogen-bond donors (Lipinski definition) is 0. The third kappa shape index (κ3) is 1.92. The van der Waals surface area contributed by atoms with E-state index in [4.69, 9.17) is 0 Å². The van der Waals surface area contributed by atoms with E-state index in [9.17, 15) is 25.5 Å². The Balaban J connectivity index is 2.93. The highest BCUT2D eigenvalue weighted by Gasteiger charge is 2.36. The summed E-state index contributed by atoms with van der Waals surface area (Å²) in [5.41, 5.74) is -2.31. The first kappa shape index (κ1) is 12.7. The fourth-order valence-electron chi connectivity index (χ4n) is 1.53. The molecule has 0 saturated carbocycles. The molecule has 0 atom stereocenters. The number of halogens is 4. The van der Waals surface area contributed by atoms with E-state index in [1.165, 1.54) is 0 Å². The van der Waals surface area contributed by atoms with Gasteiger partial charge < -0.3 is 0 Å². The van der Waals surface area contributed by atoms with Crippen LogP contribution in [0.5, 0.6) is 0 Å². The topological polar surface area (TPSA) is 64.3 Å². The molecule has 5 nitrogen and oxygen atoms in total. The highest BCUT2D eigenvalue weighted by Crippen LogP contribution is 2.31. The van der Waals surface area contributed by atoms with Gasteiger partial charge in [0.25, 0.3) is 0 Å². The fraction of sp³-hybridized carbons (Fsp3) is 0.250. The number of aromatic nitrogens is 3. The number of rotatable bonds is 1. The summed E-state index contributed by atoms with van der Waals surface area (Å²) in [7, 11) is -5.19. The first-order valence-corrected chi connectivity index (χ1v) is 5.87. The third-order valence-electron chi connectivity index (χ3n) is 2.17. The third-order valence-corrected chi connectivity index (χ3v) is 3.14. The van der Waals surface area contributed by atoms with Crippen molar-refractivity contribution in [1.82, 2.24) is 14.6 Å². The second-order valence-electron chi connectivity index (χ2n) is 3.42. The van der Waals surface area contributed by atoms with E-state index in [1.807, 2.05) is 0 Å². The van der Waals surface area contributed by atoms with E-state index in [0.29, 0.717) is 6.07 Å². The van der Waals surface area contributed by atoms with Gasteiger partial charge in [-0.3, -0.25) is 0 Å². The van der Waals surface area contributed by atoms with Crippen molar-refractivity contribution in [3.05, 3.63) is 23.7 Å². The second kappa shape index (κ2) is 3.64. The van der Waals surface area contributed by atoms with Gasteiger partial charge in [-0.2, -0.15) is 26.7 Å². The minimum absolute atomic E-state index is 0.266. The number of hydrogen-bond acceptors (Lipinski definition) is 4. The van der Waals surface area contributed by atoms with Crippen LogP contribution in [0, 0.1) is 6.92 Å². The minimum atomic E-state index is -5.19. The number of alkyl halides is 3. The lowest BCUT2D eigenvalue weighted by atomic mass is 10.4. The molecule has 0 aliphatic heterocycles. The van der Waals surface area contributed by atoms with Crippen molar-refractivity contribution in [2.24, 2.45) is 0 Å². The molecular formula is C8H5F4N3O2S. The van der Waals surface area contributed by atoms with Gasteiger partial charge in [0.2, 0.25) is 0 Å². The lowest BCUT2D eigenvalue weighted by Gasteiger charge is -2.07. The summed E-state index contributed by atoms with van der Waals surface area (Å²) in [5.74, 6) is 0. The molecule has 10 heteroatoms. The zero-order valence-corrected chi connectivity index (χ0v) is 9.55. The van der Waals surface area contributed by atoms with Crippen LogP contribution in [0.2, 0.25) is 0 Å². The Labute approximate surface area is 98.3 Å². The summed E-state index contributed by atoms with van der Waals surface area (Å²) >= 11 is 0. The van der Waals surface area contributed by atoms with Crippen LogP contribution < -0.4 is 0 Å². The summed E-state index contributed by atoms with van der Waals surface area (Å²) in [6.07, 6.45) is -4.01. The Morgan fingerprint density at radius 3 is 2.44 bits per heavy atom. The fourth-order valence-corrected chi connectivity index (χ4v) is 2.28. The Bertz CT molecular complexity index is 720. The molecule has 0 fully saturated rings. The molecule has 2 heterocycles. The second-order valence-corrected chi connectivity index (χ2v) is 4.70. The number of fused-ring (bicyclic) bond motifs is 1. The van der Waals surface area contributed by atoms with Gasteiger partial charge >= 0.3 is 16.4 Å². The summed E-state index contributed by atoms with van der Waals surface area (Å²) < 4.78 is 72.8. The molecule has 18 heavy (non-hydrogen) atoms. The maximum atomic E-state index is 13.0. The van der Waals surface area contributed by atoms with Crippen LogP contribution in [0.1, 0.15) is 11.4 Å². The molecule has 0 spiro atoms. The van der Waals surface area contributed by atoms with Crippen molar-refractivity contribution < 1.29 is 25.5 Å². The van der Waals surface area contributed by atoms with Crippen molar-refractivity contribution in [1.29, 1.82) is 0 Å².